The average Bonchev–Trinajstić information content (AvgIpc) is 2.56. The fourth-order valence-corrected chi connectivity index (χ4v) is 2.12. The molecule has 1 aliphatic heterocycles. The molecule has 1 aromatic rings. The van der Waals surface area contributed by atoms with Gasteiger partial charge in [-0.1, -0.05) is 12.1 Å². The van der Waals surface area contributed by atoms with Crippen molar-refractivity contribution in [2.24, 2.45) is 0 Å². The van der Waals surface area contributed by atoms with E-state index in [9.17, 15) is 9.59 Å². The number of hydrogen-bond acceptors (Lipinski definition) is 3. The highest BCUT2D eigenvalue weighted by molar-refractivity contribution is 6.52. The number of amides is 1. The molecule has 1 heterocycles. The van der Waals surface area contributed by atoms with Gasteiger partial charge in [-0.15, -0.1) is 0 Å². The second kappa shape index (κ2) is 4.67. The summed E-state index contributed by atoms with van der Waals surface area (Å²) < 4.78 is 4.96. The van der Waals surface area contributed by atoms with E-state index in [1.54, 1.807) is 24.1 Å². The van der Waals surface area contributed by atoms with E-state index < -0.39 is 11.7 Å². The van der Waals surface area contributed by atoms with Crippen LogP contribution in [0.4, 0.5) is 5.69 Å². The van der Waals surface area contributed by atoms with Gasteiger partial charge in [0.1, 0.15) is 0 Å². The third kappa shape index (κ3) is 1.96. The molecule has 90 valence electrons. The van der Waals surface area contributed by atoms with Crippen molar-refractivity contribution in [2.75, 3.05) is 25.2 Å². The predicted molar refractivity (Wildman–Crippen MR) is 64.4 cm³/mol. The molecule has 1 aromatic carbocycles. The Labute approximate surface area is 100 Å². The number of para-hydroxylation sites is 1. The molecule has 0 saturated carbocycles. The standard InChI is InChI=1S/C13H15NO3/c1-9-5-3-6-10-11(9)14(7-4-8-17-2)13(16)12(10)15/h3,5-6H,4,7-8H2,1-2H3. The molecule has 1 amide bonds. The predicted octanol–water partition coefficient (Wildman–Crippen LogP) is 1.56. The van der Waals surface area contributed by atoms with E-state index in [0.29, 0.717) is 18.7 Å². The molecule has 17 heavy (non-hydrogen) atoms. The van der Waals surface area contributed by atoms with Crippen LogP contribution in [0.5, 0.6) is 0 Å². The molecule has 0 fully saturated rings. The SMILES string of the molecule is COCCCN1C(=O)C(=O)c2cccc(C)c21. The first-order valence-corrected chi connectivity index (χ1v) is 5.61. The number of nitrogens with zero attached hydrogens (tertiary/aromatic N) is 1. The Balaban J connectivity index is 2.30. The Hall–Kier alpha value is -1.68. The quantitative estimate of drug-likeness (QED) is 0.585. The number of hydrogen-bond donors (Lipinski definition) is 0. The molecule has 0 aromatic heterocycles. The van der Waals surface area contributed by atoms with Gasteiger partial charge in [0.2, 0.25) is 0 Å². The van der Waals surface area contributed by atoms with E-state index in [2.05, 4.69) is 0 Å². The van der Waals surface area contributed by atoms with Gasteiger partial charge in [-0.25, -0.2) is 0 Å². The molecular formula is C13H15NO3. The number of carbonyl (C=O) groups is 2. The molecule has 4 nitrogen and oxygen atoms in total. The summed E-state index contributed by atoms with van der Waals surface area (Å²) in [4.78, 5) is 25.2. The van der Waals surface area contributed by atoms with Crippen molar-refractivity contribution in [3.8, 4) is 0 Å². The van der Waals surface area contributed by atoms with Crippen LogP contribution in [-0.4, -0.2) is 32.0 Å². The topological polar surface area (TPSA) is 46.6 Å². The van der Waals surface area contributed by atoms with Crippen LogP contribution in [0.25, 0.3) is 0 Å². The zero-order valence-electron chi connectivity index (χ0n) is 10.0. The summed E-state index contributed by atoms with van der Waals surface area (Å²) in [5, 5.41) is 0. The first-order chi connectivity index (χ1) is 8.16. The zero-order chi connectivity index (χ0) is 12.4. The van der Waals surface area contributed by atoms with Crippen molar-refractivity contribution in [1.29, 1.82) is 0 Å². The van der Waals surface area contributed by atoms with E-state index in [4.69, 9.17) is 4.74 Å². The molecule has 0 spiro atoms. The van der Waals surface area contributed by atoms with E-state index in [-0.39, 0.29) is 0 Å². The number of ketones is 1. The fourth-order valence-electron chi connectivity index (χ4n) is 2.12. The number of benzene rings is 1. The number of ether oxygens (including phenoxy) is 1. The molecule has 4 heteroatoms. The Bertz CT molecular complexity index is 468. The molecule has 0 bridgehead atoms. The maximum Gasteiger partial charge on any atom is 0.299 e. The first-order valence-electron chi connectivity index (χ1n) is 5.61. The van der Waals surface area contributed by atoms with Gasteiger partial charge < -0.3 is 9.64 Å². The highest BCUT2D eigenvalue weighted by atomic mass is 16.5. The summed E-state index contributed by atoms with van der Waals surface area (Å²) in [5.41, 5.74) is 2.24. The van der Waals surface area contributed by atoms with Crippen LogP contribution >= 0.6 is 0 Å². The van der Waals surface area contributed by atoms with Crippen LogP contribution in [0.15, 0.2) is 18.2 Å². The molecule has 0 radical (unpaired) electrons. The van der Waals surface area contributed by atoms with Crippen molar-refractivity contribution in [3.63, 3.8) is 0 Å². The van der Waals surface area contributed by atoms with Gasteiger partial charge >= 0.3 is 0 Å². The largest absolute Gasteiger partial charge is 0.385 e. The van der Waals surface area contributed by atoms with Gasteiger partial charge in [-0.05, 0) is 25.0 Å². The maximum absolute atomic E-state index is 11.8. The summed E-state index contributed by atoms with van der Waals surface area (Å²) in [6.07, 6.45) is 0.725. The number of aryl methyl sites for hydroxylation is 1. The minimum atomic E-state index is -0.426. The third-order valence-electron chi connectivity index (χ3n) is 2.92. The summed E-state index contributed by atoms with van der Waals surface area (Å²) in [6, 6.07) is 5.42. The van der Waals surface area contributed by atoms with Crippen molar-refractivity contribution < 1.29 is 14.3 Å². The van der Waals surface area contributed by atoms with Crippen molar-refractivity contribution >= 4 is 17.4 Å². The molecule has 1 aliphatic rings. The van der Waals surface area contributed by atoms with Crippen LogP contribution < -0.4 is 4.90 Å². The fraction of sp³-hybridized carbons (Fsp3) is 0.385. The van der Waals surface area contributed by atoms with Crippen LogP contribution in [0.3, 0.4) is 0 Å². The lowest BCUT2D eigenvalue weighted by Crippen LogP contribution is -2.31. The summed E-state index contributed by atoms with van der Waals surface area (Å²) in [7, 11) is 1.62. The van der Waals surface area contributed by atoms with Crippen LogP contribution in [0, 0.1) is 6.92 Å². The Kier molecular flexibility index (Phi) is 3.24. The second-order valence-electron chi connectivity index (χ2n) is 4.10. The number of carbonyl (C=O) groups excluding carboxylic acids is 2. The number of anilines is 1. The lowest BCUT2D eigenvalue weighted by molar-refractivity contribution is -0.114. The second-order valence-corrected chi connectivity index (χ2v) is 4.10. The Morgan fingerprint density at radius 2 is 2.06 bits per heavy atom. The van der Waals surface area contributed by atoms with Crippen LogP contribution in [-0.2, 0) is 9.53 Å². The molecule has 0 aliphatic carbocycles. The van der Waals surface area contributed by atoms with Gasteiger partial charge in [-0.3, -0.25) is 9.59 Å². The zero-order valence-corrected chi connectivity index (χ0v) is 10.0. The van der Waals surface area contributed by atoms with Gasteiger partial charge in [-0.2, -0.15) is 0 Å². The smallest absolute Gasteiger partial charge is 0.299 e. The molecule has 2 rings (SSSR count). The normalized spacial score (nSPS) is 14.4. The van der Waals surface area contributed by atoms with Gasteiger partial charge in [0.15, 0.2) is 0 Å². The molecule has 0 N–H and O–H groups in total. The lowest BCUT2D eigenvalue weighted by Gasteiger charge is -2.17. The van der Waals surface area contributed by atoms with E-state index in [0.717, 1.165) is 17.7 Å². The Morgan fingerprint density at radius 3 is 2.76 bits per heavy atom. The van der Waals surface area contributed by atoms with Crippen LogP contribution in [0.2, 0.25) is 0 Å². The van der Waals surface area contributed by atoms with E-state index in [1.807, 2.05) is 13.0 Å². The van der Waals surface area contributed by atoms with Crippen molar-refractivity contribution in [2.45, 2.75) is 13.3 Å². The van der Waals surface area contributed by atoms with E-state index >= 15 is 0 Å². The Morgan fingerprint density at radius 1 is 1.29 bits per heavy atom. The highest BCUT2D eigenvalue weighted by Crippen LogP contribution is 2.32. The molecule has 0 unspecified atom stereocenters. The van der Waals surface area contributed by atoms with Gasteiger partial charge in [0.05, 0.1) is 11.3 Å². The summed E-state index contributed by atoms with van der Waals surface area (Å²) >= 11 is 0. The first kappa shape index (κ1) is 11.8. The number of rotatable bonds is 4. The minimum Gasteiger partial charge on any atom is -0.385 e. The molecule has 0 atom stereocenters. The maximum atomic E-state index is 11.8. The number of methoxy groups -OCH3 is 1. The van der Waals surface area contributed by atoms with Crippen molar-refractivity contribution in [1.82, 2.24) is 0 Å². The number of fused-ring (bicyclic) bond motifs is 1. The van der Waals surface area contributed by atoms with Gasteiger partial charge in [0, 0.05) is 20.3 Å². The summed E-state index contributed by atoms with van der Waals surface area (Å²) in [5.74, 6) is -0.827. The van der Waals surface area contributed by atoms with Gasteiger partial charge in [0.25, 0.3) is 11.7 Å². The number of Topliss-reactive ketones (excluding diaryl/α,β-unsaturated/α-hetero) is 1. The lowest BCUT2D eigenvalue weighted by atomic mass is 10.1. The third-order valence-corrected chi connectivity index (χ3v) is 2.92. The van der Waals surface area contributed by atoms with Crippen molar-refractivity contribution in [3.05, 3.63) is 29.3 Å². The average molecular weight is 233 g/mol. The minimum absolute atomic E-state index is 0.402. The highest BCUT2D eigenvalue weighted by Gasteiger charge is 2.36. The molecule has 0 saturated heterocycles. The molecular weight excluding hydrogens is 218 g/mol. The summed E-state index contributed by atoms with van der Waals surface area (Å²) in [6.45, 7) is 3.02. The van der Waals surface area contributed by atoms with E-state index in [1.165, 1.54) is 0 Å². The van der Waals surface area contributed by atoms with Crippen LogP contribution in [0.1, 0.15) is 22.3 Å². The monoisotopic (exact) mass is 233 g/mol.